The van der Waals surface area contributed by atoms with Crippen molar-refractivity contribution in [2.45, 2.75) is 45.2 Å². The molecule has 3 unspecified atom stereocenters. The van der Waals surface area contributed by atoms with Gasteiger partial charge in [0.15, 0.2) is 0 Å². The Morgan fingerprint density at radius 2 is 2.04 bits per heavy atom. The number of carbonyl (C=O) groups excluding carboxylic acids is 1. The Morgan fingerprint density at radius 3 is 2.70 bits per heavy atom. The molecule has 2 rings (SSSR count). The Hall–Kier alpha value is -1.15. The molecule has 0 amide bonds. The quantitative estimate of drug-likeness (QED) is 0.670. The summed E-state index contributed by atoms with van der Waals surface area (Å²) < 4.78 is 16.5. The van der Waals surface area contributed by atoms with E-state index in [4.69, 9.17) is 14.2 Å². The van der Waals surface area contributed by atoms with Crippen molar-refractivity contribution < 1.29 is 34.3 Å². The second kappa shape index (κ2) is 7.61. The number of aliphatic carboxylic acids is 1. The molecule has 2 heterocycles. The van der Waals surface area contributed by atoms with E-state index in [0.717, 1.165) is 6.08 Å². The summed E-state index contributed by atoms with van der Waals surface area (Å²) in [6.07, 6.45) is -0.994. The molecule has 0 radical (unpaired) electrons. The molecule has 1 fully saturated rings. The van der Waals surface area contributed by atoms with Gasteiger partial charge in [-0.2, -0.15) is 0 Å². The second-order valence-corrected chi connectivity index (χ2v) is 6.53. The first kappa shape index (κ1) is 18.2. The van der Waals surface area contributed by atoms with Crippen LogP contribution < -0.4 is 5.11 Å². The van der Waals surface area contributed by atoms with Crippen molar-refractivity contribution in [3.05, 3.63) is 11.8 Å². The summed E-state index contributed by atoms with van der Waals surface area (Å²) in [5.41, 5.74) is 0. The first-order valence-electron chi connectivity index (χ1n) is 7.96. The van der Waals surface area contributed by atoms with Gasteiger partial charge in [-0.25, -0.2) is 0 Å². The fourth-order valence-electron chi connectivity index (χ4n) is 2.92. The highest BCUT2D eigenvalue weighted by molar-refractivity contribution is 5.82. The van der Waals surface area contributed by atoms with Crippen molar-refractivity contribution in [3.63, 3.8) is 0 Å². The Bertz CT molecular complexity index is 450. The van der Waals surface area contributed by atoms with Gasteiger partial charge in [0, 0.05) is 17.8 Å². The maximum atomic E-state index is 10.9. The monoisotopic (exact) mass is 329 g/mol. The number of carboxylic acid groups (broad SMARTS) is 1. The van der Waals surface area contributed by atoms with E-state index in [1.54, 1.807) is 6.92 Å². The second-order valence-electron chi connectivity index (χ2n) is 6.53. The van der Waals surface area contributed by atoms with Gasteiger partial charge >= 0.3 is 0 Å². The van der Waals surface area contributed by atoms with Crippen LogP contribution in [0.2, 0.25) is 0 Å². The average Bonchev–Trinajstić information content (AvgIpc) is 2.50. The minimum Gasteiger partial charge on any atom is -0.542 e. The summed E-state index contributed by atoms with van der Waals surface area (Å²) in [7, 11) is 0. The highest BCUT2D eigenvalue weighted by Gasteiger charge is 2.36. The molecule has 7 nitrogen and oxygen atoms in total. The molecule has 0 aromatic heterocycles. The summed E-state index contributed by atoms with van der Waals surface area (Å²) in [6, 6.07) is 0. The van der Waals surface area contributed by atoms with Crippen LogP contribution in [0.15, 0.2) is 11.8 Å². The molecule has 0 spiro atoms. The molecule has 132 valence electrons. The van der Waals surface area contributed by atoms with E-state index in [1.807, 2.05) is 13.8 Å². The van der Waals surface area contributed by atoms with Crippen LogP contribution in [0.25, 0.3) is 0 Å². The van der Waals surface area contributed by atoms with Gasteiger partial charge in [0.05, 0.1) is 38.1 Å². The zero-order valence-corrected chi connectivity index (χ0v) is 13.7. The number of hydrogen-bond donors (Lipinski definition) is 2. The lowest BCUT2D eigenvalue weighted by Gasteiger charge is -2.38. The van der Waals surface area contributed by atoms with Gasteiger partial charge in [-0.1, -0.05) is 13.8 Å². The van der Waals surface area contributed by atoms with Gasteiger partial charge in [-0.3, -0.25) is 0 Å². The van der Waals surface area contributed by atoms with Crippen molar-refractivity contribution in [2.24, 2.45) is 17.8 Å². The maximum absolute atomic E-state index is 10.9. The molecular formula is C16H25O7-. The molecule has 0 saturated carbocycles. The highest BCUT2D eigenvalue weighted by atomic mass is 16.6. The summed E-state index contributed by atoms with van der Waals surface area (Å²) in [4.78, 5) is 10.9. The number of rotatable bonds is 5. The standard InChI is InChI=1S/C16H26O7/c1-8-5-22-10(3)11(15(8)18)6-21-7-14-9(2)12(17)4-13(23-14)16(19)20/h4,8-12,14-15,17-18H,5-7H2,1-3H3,(H,19,20)/p-1/t8?,9?,10?,11-,12-,14+,15+/m1/s1. The first-order valence-corrected chi connectivity index (χ1v) is 7.96. The first-order chi connectivity index (χ1) is 10.8. The van der Waals surface area contributed by atoms with E-state index in [2.05, 4.69) is 0 Å². The van der Waals surface area contributed by atoms with E-state index in [-0.39, 0.29) is 42.8 Å². The van der Waals surface area contributed by atoms with Crippen LogP contribution in [0.1, 0.15) is 20.8 Å². The Kier molecular flexibility index (Phi) is 6.02. The fourth-order valence-corrected chi connectivity index (χ4v) is 2.92. The van der Waals surface area contributed by atoms with Gasteiger partial charge in [-0.05, 0) is 13.0 Å². The van der Waals surface area contributed by atoms with Crippen LogP contribution in [0.3, 0.4) is 0 Å². The number of aliphatic hydroxyl groups is 2. The summed E-state index contributed by atoms with van der Waals surface area (Å²) >= 11 is 0. The van der Waals surface area contributed by atoms with Crippen molar-refractivity contribution in [3.8, 4) is 0 Å². The SMILES string of the molecule is CC1[C@H](O)C=C(C(=O)[O-])O[C@H]1COC[C@@H]1C(C)OCC(C)[C@@H]1O. The molecule has 7 heteroatoms. The van der Waals surface area contributed by atoms with E-state index in [1.165, 1.54) is 0 Å². The van der Waals surface area contributed by atoms with E-state index in [0.29, 0.717) is 6.61 Å². The van der Waals surface area contributed by atoms with Crippen molar-refractivity contribution in [1.29, 1.82) is 0 Å². The molecule has 0 aromatic carbocycles. The predicted molar refractivity (Wildman–Crippen MR) is 78.0 cm³/mol. The number of ether oxygens (including phenoxy) is 3. The van der Waals surface area contributed by atoms with Crippen LogP contribution in [0.5, 0.6) is 0 Å². The number of carbonyl (C=O) groups is 1. The average molecular weight is 329 g/mol. The lowest BCUT2D eigenvalue weighted by molar-refractivity contribution is -0.305. The van der Waals surface area contributed by atoms with Crippen LogP contribution in [-0.4, -0.2) is 60.4 Å². The molecule has 2 aliphatic heterocycles. The molecule has 0 aromatic rings. The largest absolute Gasteiger partial charge is 0.542 e. The molecule has 23 heavy (non-hydrogen) atoms. The Balaban J connectivity index is 1.88. The summed E-state index contributed by atoms with van der Waals surface area (Å²) in [6.45, 7) is 6.48. The van der Waals surface area contributed by atoms with Gasteiger partial charge < -0.3 is 34.3 Å². The van der Waals surface area contributed by atoms with Crippen molar-refractivity contribution in [2.75, 3.05) is 19.8 Å². The molecule has 2 N–H and O–H groups in total. The molecular weight excluding hydrogens is 304 g/mol. The van der Waals surface area contributed by atoms with E-state index < -0.39 is 24.3 Å². The van der Waals surface area contributed by atoms with Crippen LogP contribution in [0.4, 0.5) is 0 Å². The zero-order chi connectivity index (χ0) is 17.1. The Morgan fingerprint density at radius 1 is 1.35 bits per heavy atom. The van der Waals surface area contributed by atoms with Crippen molar-refractivity contribution in [1.82, 2.24) is 0 Å². The number of carboxylic acids is 1. The third-order valence-electron chi connectivity index (χ3n) is 4.77. The molecule has 2 aliphatic rings. The normalized spacial score (nSPS) is 41.1. The zero-order valence-electron chi connectivity index (χ0n) is 13.7. The third kappa shape index (κ3) is 4.23. The highest BCUT2D eigenvalue weighted by Crippen LogP contribution is 2.27. The van der Waals surface area contributed by atoms with Gasteiger partial charge in [-0.15, -0.1) is 0 Å². The fraction of sp³-hybridized carbons (Fsp3) is 0.812. The lowest BCUT2D eigenvalue weighted by atomic mass is 9.87. The van der Waals surface area contributed by atoms with Gasteiger partial charge in [0.25, 0.3) is 0 Å². The third-order valence-corrected chi connectivity index (χ3v) is 4.77. The van der Waals surface area contributed by atoms with E-state index >= 15 is 0 Å². The smallest absolute Gasteiger partial charge is 0.141 e. The van der Waals surface area contributed by atoms with Gasteiger partial charge in [0.2, 0.25) is 0 Å². The molecule has 0 aliphatic carbocycles. The van der Waals surface area contributed by atoms with Crippen LogP contribution >= 0.6 is 0 Å². The summed E-state index contributed by atoms with van der Waals surface area (Å²) in [5.74, 6) is -2.24. The maximum Gasteiger partial charge on any atom is 0.141 e. The van der Waals surface area contributed by atoms with Crippen molar-refractivity contribution >= 4 is 5.97 Å². The molecule has 7 atom stereocenters. The summed E-state index contributed by atoms with van der Waals surface area (Å²) in [5, 5.41) is 31.0. The minimum atomic E-state index is -1.46. The van der Waals surface area contributed by atoms with E-state index in [9.17, 15) is 20.1 Å². The van der Waals surface area contributed by atoms with Crippen LogP contribution in [0, 0.1) is 17.8 Å². The Labute approximate surface area is 135 Å². The molecule has 0 bridgehead atoms. The number of aliphatic hydroxyl groups excluding tert-OH is 2. The van der Waals surface area contributed by atoms with Crippen LogP contribution in [-0.2, 0) is 19.0 Å². The number of hydrogen-bond acceptors (Lipinski definition) is 7. The minimum absolute atomic E-state index is 0.0408. The topological polar surface area (TPSA) is 108 Å². The predicted octanol–water partition coefficient (Wildman–Crippen LogP) is -0.935. The lowest BCUT2D eigenvalue weighted by Crippen LogP contribution is -2.47. The van der Waals surface area contributed by atoms with Gasteiger partial charge in [0.1, 0.15) is 17.8 Å². The molecule has 1 saturated heterocycles.